The summed E-state index contributed by atoms with van der Waals surface area (Å²) < 4.78 is 0. The minimum atomic E-state index is -0.155. The maximum atomic E-state index is 11.8. The molecule has 0 saturated heterocycles. The molecule has 1 aromatic rings. The Morgan fingerprint density at radius 1 is 1.15 bits per heavy atom. The van der Waals surface area contributed by atoms with E-state index < -0.39 is 0 Å². The molecule has 4 N–H and O–H groups in total. The lowest BCUT2D eigenvalue weighted by atomic mass is 10.1. The number of amides is 2. The van der Waals surface area contributed by atoms with E-state index in [9.17, 15) is 9.59 Å². The molecule has 0 spiro atoms. The topological polar surface area (TPSA) is 84.2 Å². The highest BCUT2D eigenvalue weighted by Crippen LogP contribution is 2.23. The van der Waals surface area contributed by atoms with Crippen molar-refractivity contribution in [1.29, 1.82) is 0 Å². The molecule has 0 radical (unpaired) electrons. The minimum Gasteiger partial charge on any atom is -0.330 e. The van der Waals surface area contributed by atoms with Crippen molar-refractivity contribution in [2.24, 2.45) is 11.7 Å². The van der Waals surface area contributed by atoms with Gasteiger partial charge in [0.05, 0.1) is 11.4 Å². The van der Waals surface area contributed by atoms with E-state index in [2.05, 4.69) is 10.6 Å². The van der Waals surface area contributed by atoms with Crippen molar-refractivity contribution in [2.45, 2.75) is 33.6 Å². The second-order valence-electron chi connectivity index (χ2n) is 5.28. The third-order valence-corrected chi connectivity index (χ3v) is 2.69. The van der Waals surface area contributed by atoms with Gasteiger partial charge in [0, 0.05) is 19.4 Å². The molecule has 0 aliphatic heterocycles. The fourth-order valence-corrected chi connectivity index (χ4v) is 1.79. The molecule has 0 unspecified atom stereocenters. The third-order valence-electron chi connectivity index (χ3n) is 2.69. The summed E-state index contributed by atoms with van der Waals surface area (Å²) in [7, 11) is 0. The second kappa shape index (κ2) is 7.65. The molecule has 0 aliphatic carbocycles. The van der Waals surface area contributed by atoms with Gasteiger partial charge in [-0.2, -0.15) is 0 Å². The summed E-state index contributed by atoms with van der Waals surface area (Å²) in [5, 5.41) is 5.61. The number of benzene rings is 1. The number of aryl methyl sites for hydroxylation is 1. The van der Waals surface area contributed by atoms with Gasteiger partial charge >= 0.3 is 0 Å². The van der Waals surface area contributed by atoms with Gasteiger partial charge in [-0.1, -0.05) is 19.9 Å². The van der Waals surface area contributed by atoms with Gasteiger partial charge in [-0.25, -0.2) is 0 Å². The molecule has 110 valence electrons. The monoisotopic (exact) mass is 277 g/mol. The molecular formula is C15H23N3O2. The van der Waals surface area contributed by atoms with Crippen LogP contribution in [-0.4, -0.2) is 18.4 Å². The van der Waals surface area contributed by atoms with Crippen molar-refractivity contribution in [3.8, 4) is 0 Å². The lowest BCUT2D eigenvalue weighted by molar-refractivity contribution is -0.117. The van der Waals surface area contributed by atoms with Crippen LogP contribution in [0.2, 0.25) is 0 Å². The van der Waals surface area contributed by atoms with Crippen molar-refractivity contribution in [3.05, 3.63) is 23.8 Å². The van der Waals surface area contributed by atoms with Gasteiger partial charge in [0.15, 0.2) is 0 Å². The molecule has 2 amide bonds. The zero-order chi connectivity index (χ0) is 15.1. The standard InChI is InChI=1S/C15H23N3O2/c1-10(2)8-15(20)17-12-5-4-11(3)9-13(12)18-14(19)6-7-16/h4-5,9-10H,6-8,16H2,1-3H3,(H,17,20)(H,18,19). The molecule has 1 rings (SSSR count). The second-order valence-corrected chi connectivity index (χ2v) is 5.28. The third kappa shape index (κ3) is 5.40. The van der Waals surface area contributed by atoms with E-state index in [1.807, 2.05) is 32.9 Å². The van der Waals surface area contributed by atoms with E-state index in [1.54, 1.807) is 6.07 Å². The summed E-state index contributed by atoms with van der Waals surface area (Å²) >= 11 is 0. The molecule has 5 heteroatoms. The normalized spacial score (nSPS) is 10.4. The van der Waals surface area contributed by atoms with E-state index in [1.165, 1.54) is 0 Å². The fourth-order valence-electron chi connectivity index (χ4n) is 1.79. The highest BCUT2D eigenvalue weighted by molar-refractivity contribution is 5.99. The number of anilines is 2. The van der Waals surface area contributed by atoms with Gasteiger partial charge in [0.25, 0.3) is 0 Å². The quantitative estimate of drug-likeness (QED) is 0.745. The molecule has 0 fully saturated rings. The minimum absolute atomic E-state index is 0.0572. The average Bonchev–Trinajstić information content (AvgIpc) is 2.32. The first-order valence-corrected chi connectivity index (χ1v) is 6.82. The zero-order valence-corrected chi connectivity index (χ0v) is 12.3. The van der Waals surface area contributed by atoms with E-state index >= 15 is 0 Å². The van der Waals surface area contributed by atoms with Crippen LogP contribution in [0.4, 0.5) is 11.4 Å². The Labute approximate surface area is 119 Å². The maximum Gasteiger partial charge on any atom is 0.225 e. The number of rotatable bonds is 6. The van der Waals surface area contributed by atoms with Crippen LogP contribution in [0.25, 0.3) is 0 Å². The largest absolute Gasteiger partial charge is 0.330 e. The van der Waals surface area contributed by atoms with Crippen LogP contribution in [-0.2, 0) is 9.59 Å². The summed E-state index contributed by atoms with van der Waals surface area (Å²) in [6.07, 6.45) is 0.706. The fraction of sp³-hybridized carbons (Fsp3) is 0.467. The van der Waals surface area contributed by atoms with E-state index in [0.29, 0.717) is 24.3 Å². The Kier molecular flexibility index (Phi) is 6.18. The van der Waals surface area contributed by atoms with Crippen LogP contribution in [0.5, 0.6) is 0 Å². The lowest BCUT2D eigenvalue weighted by Crippen LogP contribution is -2.19. The molecule has 0 atom stereocenters. The van der Waals surface area contributed by atoms with E-state index in [4.69, 9.17) is 5.73 Å². The predicted octanol–water partition coefficient (Wildman–Crippen LogP) is 2.27. The first-order chi connectivity index (χ1) is 9.42. The number of hydrogen-bond donors (Lipinski definition) is 3. The number of carbonyl (C=O) groups is 2. The van der Waals surface area contributed by atoms with Crippen molar-refractivity contribution in [2.75, 3.05) is 17.2 Å². The Morgan fingerprint density at radius 2 is 1.80 bits per heavy atom. The van der Waals surface area contributed by atoms with Gasteiger partial charge < -0.3 is 16.4 Å². The van der Waals surface area contributed by atoms with Crippen molar-refractivity contribution < 1.29 is 9.59 Å². The van der Waals surface area contributed by atoms with Gasteiger partial charge in [-0.3, -0.25) is 9.59 Å². The summed E-state index contributed by atoms with van der Waals surface area (Å²) in [5.41, 5.74) is 7.59. The van der Waals surface area contributed by atoms with Crippen molar-refractivity contribution >= 4 is 23.2 Å². The van der Waals surface area contributed by atoms with Gasteiger partial charge in [0.2, 0.25) is 11.8 Å². The molecular weight excluding hydrogens is 254 g/mol. The Hall–Kier alpha value is -1.88. The van der Waals surface area contributed by atoms with Crippen molar-refractivity contribution in [3.63, 3.8) is 0 Å². The summed E-state index contributed by atoms with van der Waals surface area (Å²) in [5.74, 6) is 0.0753. The molecule has 0 aliphatic rings. The number of hydrogen-bond acceptors (Lipinski definition) is 3. The molecule has 5 nitrogen and oxygen atoms in total. The molecule has 0 bridgehead atoms. The van der Waals surface area contributed by atoms with Gasteiger partial charge in [-0.15, -0.1) is 0 Å². The molecule has 20 heavy (non-hydrogen) atoms. The number of nitrogens with one attached hydrogen (secondary N) is 2. The maximum absolute atomic E-state index is 11.8. The highest BCUT2D eigenvalue weighted by Gasteiger charge is 2.10. The first kappa shape index (κ1) is 16.2. The molecule has 0 heterocycles. The van der Waals surface area contributed by atoms with Crippen LogP contribution in [0.3, 0.4) is 0 Å². The number of carbonyl (C=O) groups excluding carboxylic acids is 2. The van der Waals surface area contributed by atoms with Crippen molar-refractivity contribution in [1.82, 2.24) is 0 Å². The van der Waals surface area contributed by atoms with Crippen LogP contribution >= 0.6 is 0 Å². The average molecular weight is 277 g/mol. The summed E-state index contributed by atoms with van der Waals surface area (Å²) in [4.78, 5) is 23.5. The molecule has 0 aromatic heterocycles. The first-order valence-electron chi connectivity index (χ1n) is 6.82. The number of nitrogens with two attached hydrogens (primary N) is 1. The van der Waals surface area contributed by atoms with Gasteiger partial charge in [-0.05, 0) is 30.5 Å². The summed E-state index contributed by atoms with van der Waals surface area (Å²) in [6, 6.07) is 5.52. The van der Waals surface area contributed by atoms with Crippen LogP contribution < -0.4 is 16.4 Å². The predicted molar refractivity (Wildman–Crippen MR) is 81.6 cm³/mol. The Balaban J connectivity index is 2.84. The SMILES string of the molecule is Cc1ccc(NC(=O)CC(C)C)c(NC(=O)CCN)c1. The van der Waals surface area contributed by atoms with Crippen LogP contribution in [0, 0.1) is 12.8 Å². The van der Waals surface area contributed by atoms with Gasteiger partial charge in [0.1, 0.15) is 0 Å². The summed E-state index contributed by atoms with van der Waals surface area (Å²) in [6.45, 7) is 6.20. The van der Waals surface area contributed by atoms with E-state index in [0.717, 1.165) is 5.56 Å². The lowest BCUT2D eigenvalue weighted by Gasteiger charge is -2.14. The zero-order valence-electron chi connectivity index (χ0n) is 12.3. The van der Waals surface area contributed by atoms with Crippen LogP contribution in [0.15, 0.2) is 18.2 Å². The smallest absolute Gasteiger partial charge is 0.225 e. The molecule has 0 saturated carbocycles. The van der Waals surface area contributed by atoms with E-state index in [-0.39, 0.29) is 24.2 Å². The Bertz CT molecular complexity index is 484. The Morgan fingerprint density at radius 3 is 2.40 bits per heavy atom. The van der Waals surface area contributed by atoms with Crippen LogP contribution in [0.1, 0.15) is 32.3 Å². The highest BCUT2D eigenvalue weighted by atomic mass is 16.2. The molecule has 1 aromatic carbocycles.